The Morgan fingerprint density at radius 2 is 1.92 bits per heavy atom. The summed E-state index contributed by atoms with van der Waals surface area (Å²) in [6.07, 6.45) is 6.20. The predicted molar refractivity (Wildman–Crippen MR) is 95.0 cm³/mol. The molecule has 3 aromatic rings. The smallest absolute Gasteiger partial charge is 0.255 e. The molecular formula is C18H21N5O. The van der Waals surface area contributed by atoms with Crippen molar-refractivity contribution in [1.29, 1.82) is 0 Å². The fourth-order valence-corrected chi connectivity index (χ4v) is 2.32. The average Bonchev–Trinajstić information content (AvgIpc) is 2.62. The normalized spacial score (nSPS) is 11.1. The molecule has 1 aromatic carbocycles. The number of hydrogen-bond donors (Lipinski definition) is 0. The third-order valence-electron chi connectivity index (χ3n) is 3.51. The quantitative estimate of drug-likeness (QED) is 0.492. The molecule has 0 N–H and O–H groups in total. The lowest BCUT2D eigenvalue weighted by molar-refractivity contribution is 0.124. The SMILES string of the molecule is CN(C)CCCON(c1cccnc1)c1ncc2ccccc2n1. The third-order valence-corrected chi connectivity index (χ3v) is 3.51. The van der Waals surface area contributed by atoms with Crippen molar-refractivity contribution in [2.75, 3.05) is 32.3 Å². The zero-order valence-corrected chi connectivity index (χ0v) is 14.0. The number of hydrogen-bond acceptors (Lipinski definition) is 6. The number of para-hydroxylation sites is 1. The van der Waals surface area contributed by atoms with Crippen LogP contribution in [0.2, 0.25) is 0 Å². The fourth-order valence-electron chi connectivity index (χ4n) is 2.32. The molecule has 3 rings (SSSR count). The zero-order chi connectivity index (χ0) is 16.8. The summed E-state index contributed by atoms with van der Waals surface area (Å²) in [5, 5.41) is 2.65. The average molecular weight is 323 g/mol. The third kappa shape index (κ3) is 4.04. The van der Waals surface area contributed by atoms with E-state index in [9.17, 15) is 0 Å². The maximum atomic E-state index is 5.96. The van der Waals surface area contributed by atoms with Crippen LogP contribution in [-0.2, 0) is 4.84 Å². The lowest BCUT2D eigenvalue weighted by atomic mass is 10.2. The standard InChI is InChI=1S/C18H21N5O/c1-22(2)11-6-12-24-23(16-8-5-10-19-14-16)18-20-13-15-7-3-4-9-17(15)21-18/h3-5,7-10,13-14H,6,11-12H2,1-2H3. The van der Waals surface area contributed by atoms with Crippen LogP contribution in [0.3, 0.4) is 0 Å². The molecule has 6 nitrogen and oxygen atoms in total. The molecule has 0 atom stereocenters. The molecule has 0 spiro atoms. The molecule has 2 heterocycles. The molecule has 0 aliphatic heterocycles. The van der Waals surface area contributed by atoms with Gasteiger partial charge in [0.15, 0.2) is 0 Å². The van der Waals surface area contributed by atoms with Gasteiger partial charge in [0.1, 0.15) is 0 Å². The Balaban J connectivity index is 1.85. The van der Waals surface area contributed by atoms with Gasteiger partial charge in [-0.25, -0.2) is 9.97 Å². The Hall–Kier alpha value is -2.57. The van der Waals surface area contributed by atoms with Gasteiger partial charge in [-0.1, -0.05) is 18.2 Å². The maximum absolute atomic E-state index is 5.96. The Morgan fingerprint density at radius 1 is 1.04 bits per heavy atom. The number of rotatable bonds is 7. The van der Waals surface area contributed by atoms with E-state index >= 15 is 0 Å². The van der Waals surface area contributed by atoms with E-state index in [2.05, 4.69) is 19.9 Å². The van der Waals surface area contributed by atoms with Crippen molar-refractivity contribution >= 4 is 22.5 Å². The molecule has 2 aromatic heterocycles. The van der Waals surface area contributed by atoms with E-state index in [0.717, 1.165) is 29.6 Å². The van der Waals surface area contributed by atoms with Crippen LogP contribution < -0.4 is 5.06 Å². The molecule has 124 valence electrons. The van der Waals surface area contributed by atoms with Gasteiger partial charge in [0.05, 0.1) is 24.0 Å². The molecule has 0 radical (unpaired) electrons. The second kappa shape index (κ2) is 7.81. The monoisotopic (exact) mass is 323 g/mol. The van der Waals surface area contributed by atoms with Gasteiger partial charge in [0, 0.05) is 17.8 Å². The van der Waals surface area contributed by atoms with E-state index < -0.39 is 0 Å². The van der Waals surface area contributed by atoms with E-state index in [4.69, 9.17) is 4.84 Å². The van der Waals surface area contributed by atoms with Gasteiger partial charge in [-0.2, -0.15) is 5.06 Å². The molecule has 6 heteroatoms. The van der Waals surface area contributed by atoms with Crippen molar-refractivity contribution in [2.45, 2.75) is 6.42 Å². The first-order valence-electron chi connectivity index (χ1n) is 7.93. The van der Waals surface area contributed by atoms with Crippen molar-refractivity contribution in [3.8, 4) is 0 Å². The number of nitrogens with zero attached hydrogens (tertiary/aromatic N) is 5. The van der Waals surface area contributed by atoms with Crippen molar-refractivity contribution < 1.29 is 4.84 Å². The van der Waals surface area contributed by atoms with Gasteiger partial charge in [-0.3, -0.25) is 9.82 Å². The van der Waals surface area contributed by atoms with Crippen molar-refractivity contribution in [2.24, 2.45) is 0 Å². The van der Waals surface area contributed by atoms with Crippen LogP contribution in [-0.4, -0.2) is 47.1 Å². The van der Waals surface area contributed by atoms with E-state index in [1.54, 1.807) is 17.5 Å². The first kappa shape index (κ1) is 16.3. The summed E-state index contributed by atoms with van der Waals surface area (Å²) in [5.41, 5.74) is 1.69. The minimum absolute atomic E-state index is 0.506. The minimum Gasteiger partial charge on any atom is -0.309 e. The highest BCUT2D eigenvalue weighted by molar-refractivity contribution is 5.78. The molecule has 0 fully saturated rings. The molecular weight excluding hydrogens is 302 g/mol. The Morgan fingerprint density at radius 3 is 2.71 bits per heavy atom. The zero-order valence-electron chi connectivity index (χ0n) is 14.0. The van der Waals surface area contributed by atoms with E-state index in [-0.39, 0.29) is 0 Å². The van der Waals surface area contributed by atoms with Gasteiger partial charge < -0.3 is 4.90 Å². The number of fused-ring (bicyclic) bond motifs is 1. The van der Waals surface area contributed by atoms with E-state index in [1.165, 1.54) is 0 Å². The Kier molecular flexibility index (Phi) is 5.30. The molecule has 0 bridgehead atoms. The van der Waals surface area contributed by atoms with Crippen LogP contribution in [0.1, 0.15) is 6.42 Å². The van der Waals surface area contributed by atoms with E-state index in [1.807, 2.05) is 56.7 Å². The summed E-state index contributed by atoms with van der Waals surface area (Å²) in [7, 11) is 4.09. The number of pyridine rings is 1. The van der Waals surface area contributed by atoms with Gasteiger partial charge in [-0.15, -0.1) is 0 Å². The van der Waals surface area contributed by atoms with Crippen LogP contribution in [0.25, 0.3) is 10.9 Å². The number of anilines is 2. The van der Waals surface area contributed by atoms with Gasteiger partial charge in [0.25, 0.3) is 5.95 Å². The predicted octanol–water partition coefficient (Wildman–Crippen LogP) is 3.05. The highest BCUT2D eigenvalue weighted by Gasteiger charge is 2.14. The van der Waals surface area contributed by atoms with Gasteiger partial charge in [-0.05, 0) is 45.3 Å². The van der Waals surface area contributed by atoms with Gasteiger partial charge in [0.2, 0.25) is 0 Å². The number of benzene rings is 1. The maximum Gasteiger partial charge on any atom is 0.255 e. The molecule has 0 unspecified atom stereocenters. The minimum atomic E-state index is 0.506. The molecule has 0 saturated carbocycles. The molecule has 0 amide bonds. The summed E-state index contributed by atoms with van der Waals surface area (Å²) in [4.78, 5) is 21.3. The first-order valence-corrected chi connectivity index (χ1v) is 7.93. The highest BCUT2D eigenvalue weighted by atomic mass is 16.7. The Bertz CT molecular complexity index is 778. The molecule has 0 aliphatic carbocycles. The summed E-state index contributed by atoms with van der Waals surface area (Å²) in [6, 6.07) is 11.7. The lowest BCUT2D eigenvalue weighted by Crippen LogP contribution is -2.23. The Labute approximate surface area is 141 Å². The van der Waals surface area contributed by atoms with Crippen LogP contribution in [0.15, 0.2) is 55.0 Å². The van der Waals surface area contributed by atoms with Gasteiger partial charge >= 0.3 is 0 Å². The van der Waals surface area contributed by atoms with Crippen LogP contribution in [0, 0.1) is 0 Å². The summed E-state index contributed by atoms with van der Waals surface area (Å²) in [5.74, 6) is 0.506. The number of aromatic nitrogens is 3. The summed E-state index contributed by atoms with van der Waals surface area (Å²) >= 11 is 0. The van der Waals surface area contributed by atoms with E-state index in [0.29, 0.717) is 12.6 Å². The summed E-state index contributed by atoms with van der Waals surface area (Å²) in [6.45, 7) is 1.53. The second-order valence-corrected chi connectivity index (χ2v) is 5.72. The lowest BCUT2D eigenvalue weighted by Gasteiger charge is -2.22. The second-order valence-electron chi connectivity index (χ2n) is 5.72. The summed E-state index contributed by atoms with van der Waals surface area (Å²) < 4.78 is 0. The topological polar surface area (TPSA) is 54.4 Å². The largest absolute Gasteiger partial charge is 0.309 e. The van der Waals surface area contributed by atoms with Crippen molar-refractivity contribution in [3.05, 3.63) is 55.0 Å². The van der Waals surface area contributed by atoms with Crippen LogP contribution in [0.4, 0.5) is 11.6 Å². The molecule has 24 heavy (non-hydrogen) atoms. The van der Waals surface area contributed by atoms with Crippen LogP contribution in [0.5, 0.6) is 0 Å². The van der Waals surface area contributed by atoms with Crippen molar-refractivity contribution in [1.82, 2.24) is 19.9 Å². The first-order chi connectivity index (χ1) is 11.7. The van der Waals surface area contributed by atoms with Crippen LogP contribution >= 0.6 is 0 Å². The highest BCUT2D eigenvalue weighted by Crippen LogP contribution is 2.23. The molecule has 0 aliphatic rings. The van der Waals surface area contributed by atoms with Crippen molar-refractivity contribution in [3.63, 3.8) is 0 Å². The molecule has 0 saturated heterocycles. The fraction of sp³-hybridized carbons (Fsp3) is 0.278.